The summed E-state index contributed by atoms with van der Waals surface area (Å²) in [5.41, 5.74) is 1.93. The highest BCUT2D eigenvalue weighted by molar-refractivity contribution is 6.03. The molecule has 0 aliphatic rings. The molecule has 26 heavy (non-hydrogen) atoms. The highest BCUT2D eigenvalue weighted by Crippen LogP contribution is 2.23. The second-order valence-electron chi connectivity index (χ2n) is 5.62. The van der Waals surface area contributed by atoms with E-state index >= 15 is 0 Å². The van der Waals surface area contributed by atoms with Crippen molar-refractivity contribution in [3.8, 4) is 0 Å². The van der Waals surface area contributed by atoms with Gasteiger partial charge in [-0.25, -0.2) is 8.78 Å². The second kappa shape index (κ2) is 7.74. The van der Waals surface area contributed by atoms with Gasteiger partial charge in [0.2, 0.25) is 0 Å². The van der Waals surface area contributed by atoms with Crippen LogP contribution in [0, 0.1) is 11.6 Å². The maximum atomic E-state index is 13.8. The third kappa shape index (κ3) is 3.85. The number of hydrogen-bond donors (Lipinski definition) is 2. The zero-order valence-electron chi connectivity index (χ0n) is 14.1. The Kier molecular flexibility index (Phi) is 5.22. The lowest BCUT2D eigenvalue weighted by molar-refractivity contribution is 0.102. The molecule has 0 unspecified atom stereocenters. The van der Waals surface area contributed by atoms with Crippen LogP contribution in [0.15, 0.2) is 60.8 Å². The van der Waals surface area contributed by atoms with Gasteiger partial charge in [0.15, 0.2) is 0 Å². The Bertz CT molecular complexity index is 924. The van der Waals surface area contributed by atoms with Gasteiger partial charge in [-0.1, -0.05) is 31.2 Å². The van der Waals surface area contributed by atoms with E-state index in [1.54, 1.807) is 0 Å². The van der Waals surface area contributed by atoms with Crippen LogP contribution in [0.1, 0.15) is 23.0 Å². The van der Waals surface area contributed by atoms with E-state index in [2.05, 4.69) is 15.6 Å². The Labute approximate surface area is 149 Å². The monoisotopic (exact) mass is 353 g/mol. The lowest BCUT2D eigenvalue weighted by atomic mass is 10.1. The molecule has 132 valence electrons. The van der Waals surface area contributed by atoms with Crippen molar-refractivity contribution in [3.63, 3.8) is 0 Å². The van der Waals surface area contributed by atoms with Crippen LogP contribution < -0.4 is 10.6 Å². The van der Waals surface area contributed by atoms with E-state index in [-0.39, 0.29) is 11.4 Å². The fraction of sp³-hybridized carbons (Fsp3) is 0.100. The zero-order chi connectivity index (χ0) is 18.5. The number of carbonyl (C=O) groups excluding carboxylic acids is 1. The molecule has 3 aromatic rings. The van der Waals surface area contributed by atoms with Gasteiger partial charge in [-0.3, -0.25) is 9.78 Å². The Morgan fingerprint density at radius 1 is 1.04 bits per heavy atom. The molecule has 0 fully saturated rings. The first-order valence-electron chi connectivity index (χ1n) is 8.15. The minimum atomic E-state index is -0.718. The molecule has 0 saturated carbocycles. The summed E-state index contributed by atoms with van der Waals surface area (Å²) in [6.07, 6.45) is 2.18. The van der Waals surface area contributed by atoms with Crippen molar-refractivity contribution in [3.05, 3.63) is 83.7 Å². The summed E-state index contributed by atoms with van der Waals surface area (Å²) < 4.78 is 27.5. The number of pyridine rings is 1. The van der Waals surface area contributed by atoms with Crippen molar-refractivity contribution in [2.24, 2.45) is 0 Å². The zero-order valence-corrected chi connectivity index (χ0v) is 14.1. The summed E-state index contributed by atoms with van der Waals surface area (Å²) >= 11 is 0. The molecule has 0 spiro atoms. The van der Waals surface area contributed by atoms with E-state index in [0.717, 1.165) is 24.1 Å². The summed E-state index contributed by atoms with van der Waals surface area (Å²) in [7, 11) is 0. The van der Waals surface area contributed by atoms with Crippen LogP contribution in [0.25, 0.3) is 0 Å². The summed E-state index contributed by atoms with van der Waals surface area (Å²) in [5, 5.41) is 5.47. The summed E-state index contributed by atoms with van der Waals surface area (Å²) in [5.74, 6) is -1.84. The lowest BCUT2D eigenvalue weighted by Crippen LogP contribution is -2.15. The molecule has 2 aromatic carbocycles. The largest absolute Gasteiger partial charge is 0.351 e. The first kappa shape index (κ1) is 17.5. The molecule has 1 aromatic heterocycles. The second-order valence-corrected chi connectivity index (χ2v) is 5.62. The molecule has 4 nitrogen and oxygen atoms in total. The minimum absolute atomic E-state index is 0.137. The molecule has 0 aliphatic carbocycles. The van der Waals surface area contributed by atoms with Crippen molar-refractivity contribution < 1.29 is 13.6 Å². The Hall–Kier alpha value is -3.28. The smallest absolute Gasteiger partial charge is 0.274 e. The predicted octanol–water partition coefficient (Wildman–Crippen LogP) is 4.92. The molecular formula is C20H17F2N3O. The van der Waals surface area contributed by atoms with Crippen LogP contribution in [0.5, 0.6) is 0 Å². The van der Waals surface area contributed by atoms with Crippen LogP contribution in [0.4, 0.5) is 25.8 Å². The van der Waals surface area contributed by atoms with E-state index in [1.165, 1.54) is 24.4 Å². The number of para-hydroxylation sites is 2. The number of rotatable bonds is 5. The molecule has 0 aliphatic heterocycles. The van der Waals surface area contributed by atoms with Crippen LogP contribution >= 0.6 is 0 Å². The Balaban J connectivity index is 1.82. The van der Waals surface area contributed by atoms with Gasteiger partial charge in [-0.15, -0.1) is 0 Å². The summed E-state index contributed by atoms with van der Waals surface area (Å²) in [6.45, 7) is 2.00. The van der Waals surface area contributed by atoms with E-state index in [1.807, 2.05) is 31.2 Å². The van der Waals surface area contributed by atoms with Gasteiger partial charge in [0.25, 0.3) is 5.91 Å². The maximum Gasteiger partial charge on any atom is 0.274 e. The molecule has 0 saturated heterocycles. The van der Waals surface area contributed by atoms with E-state index < -0.39 is 17.5 Å². The van der Waals surface area contributed by atoms with Gasteiger partial charge in [0.1, 0.15) is 23.0 Å². The number of nitrogens with zero attached hydrogens (tertiary/aromatic N) is 1. The highest BCUT2D eigenvalue weighted by atomic mass is 19.1. The SMILES string of the molecule is CCc1ccccc1NC(=O)c1cc(Nc2c(F)cccc2F)ccn1. The topological polar surface area (TPSA) is 54.0 Å². The van der Waals surface area contributed by atoms with Gasteiger partial charge in [0, 0.05) is 17.6 Å². The summed E-state index contributed by atoms with van der Waals surface area (Å²) in [6, 6.07) is 14.0. The quantitative estimate of drug-likeness (QED) is 0.685. The van der Waals surface area contributed by atoms with E-state index in [9.17, 15) is 13.6 Å². The molecule has 3 rings (SSSR count). The standard InChI is InChI=1S/C20H17F2N3O/c1-2-13-6-3-4-9-17(13)25-20(26)18-12-14(10-11-23-18)24-19-15(21)7-5-8-16(19)22/h3-12H,2H2,1H3,(H,23,24)(H,25,26). The number of aromatic nitrogens is 1. The fourth-order valence-corrected chi connectivity index (χ4v) is 2.53. The van der Waals surface area contributed by atoms with Crippen molar-refractivity contribution in [1.29, 1.82) is 0 Å². The molecule has 1 heterocycles. The summed E-state index contributed by atoms with van der Waals surface area (Å²) in [4.78, 5) is 16.5. The van der Waals surface area contributed by atoms with Crippen molar-refractivity contribution in [2.75, 3.05) is 10.6 Å². The number of hydrogen-bond acceptors (Lipinski definition) is 3. The predicted molar refractivity (Wildman–Crippen MR) is 97.7 cm³/mol. The third-order valence-electron chi connectivity index (χ3n) is 3.87. The first-order valence-corrected chi connectivity index (χ1v) is 8.15. The Morgan fingerprint density at radius 3 is 2.50 bits per heavy atom. The minimum Gasteiger partial charge on any atom is -0.351 e. The molecule has 6 heteroatoms. The number of benzene rings is 2. The average Bonchev–Trinajstić information content (AvgIpc) is 2.65. The lowest BCUT2D eigenvalue weighted by Gasteiger charge is -2.11. The van der Waals surface area contributed by atoms with Crippen molar-refractivity contribution in [2.45, 2.75) is 13.3 Å². The van der Waals surface area contributed by atoms with Crippen LogP contribution in [-0.2, 0) is 6.42 Å². The van der Waals surface area contributed by atoms with Crippen LogP contribution in [-0.4, -0.2) is 10.9 Å². The number of nitrogens with one attached hydrogen (secondary N) is 2. The maximum absolute atomic E-state index is 13.8. The van der Waals surface area contributed by atoms with E-state index in [0.29, 0.717) is 11.4 Å². The normalized spacial score (nSPS) is 10.4. The van der Waals surface area contributed by atoms with Gasteiger partial charge < -0.3 is 10.6 Å². The number of amides is 1. The van der Waals surface area contributed by atoms with Crippen LogP contribution in [0.2, 0.25) is 0 Å². The fourth-order valence-electron chi connectivity index (χ4n) is 2.53. The number of carbonyl (C=O) groups is 1. The number of halogens is 2. The van der Waals surface area contributed by atoms with Crippen molar-refractivity contribution >= 4 is 23.0 Å². The van der Waals surface area contributed by atoms with Gasteiger partial charge >= 0.3 is 0 Å². The molecule has 0 bridgehead atoms. The molecule has 0 atom stereocenters. The molecule has 1 amide bonds. The number of anilines is 3. The average molecular weight is 353 g/mol. The first-order chi connectivity index (χ1) is 12.6. The van der Waals surface area contributed by atoms with Gasteiger partial charge in [0.05, 0.1) is 0 Å². The molecule has 2 N–H and O–H groups in total. The van der Waals surface area contributed by atoms with Crippen molar-refractivity contribution in [1.82, 2.24) is 4.98 Å². The van der Waals surface area contributed by atoms with Gasteiger partial charge in [-0.05, 0) is 42.3 Å². The Morgan fingerprint density at radius 2 is 1.77 bits per heavy atom. The van der Waals surface area contributed by atoms with E-state index in [4.69, 9.17) is 0 Å². The number of aryl methyl sites for hydroxylation is 1. The molecule has 0 radical (unpaired) electrons. The van der Waals surface area contributed by atoms with Crippen LogP contribution in [0.3, 0.4) is 0 Å². The van der Waals surface area contributed by atoms with Gasteiger partial charge in [-0.2, -0.15) is 0 Å². The molecular weight excluding hydrogens is 336 g/mol. The highest BCUT2D eigenvalue weighted by Gasteiger charge is 2.12. The third-order valence-corrected chi connectivity index (χ3v) is 3.87.